The average molecular weight is 377 g/mol. The molecule has 0 bridgehead atoms. The largest absolute Gasteiger partial charge is 0.481 e. The highest BCUT2D eigenvalue weighted by Gasteiger charge is 2.23. The van der Waals surface area contributed by atoms with E-state index in [0.717, 1.165) is 0 Å². The Kier molecular flexibility index (Phi) is 4.49. The highest BCUT2D eigenvalue weighted by Crippen LogP contribution is 2.27. The van der Waals surface area contributed by atoms with Crippen molar-refractivity contribution in [3.8, 4) is 5.88 Å². The van der Waals surface area contributed by atoms with Crippen LogP contribution in [0.15, 0.2) is 26.1 Å². The summed E-state index contributed by atoms with van der Waals surface area (Å²) >= 11 is 3.04. The van der Waals surface area contributed by atoms with Gasteiger partial charge >= 0.3 is 0 Å². The number of nitrogens with zero attached hydrogens (tertiary/aromatic N) is 2. The molecule has 3 N–H and O–H groups in total. The number of nitrogens with two attached hydrogens (primary N) is 1. The van der Waals surface area contributed by atoms with Crippen LogP contribution in [0.4, 0.5) is 5.95 Å². The van der Waals surface area contributed by atoms with E-state index in [9.17, 15) is 8.42 Å². The molecular weight excluding hydrogens is 364 g/mol. The quantitative estimate of drug-likeness (QED) is 0.808. The van der Waals surface area contributed by atoms with E-state index in [1.54, 1.807) is 13.0 Å². The van der Waals surface area contributed by atoms with Gasteiger partial charge in [0.05, 0.1) is 13.7 Å². The van der Waals surface area contributed by atoms with E-state index in [0.29, 0.717) is 11.5 Å². The molecule has 0 atom stereocenters. The number of hydrogen-bond acceptors (Lipinski definition) is 7. The Hall–Kier alpha value is -1.65. The maximum Gasteiger partial charge on any atom is 0.268 e. The zero-order chi connectivity index (χ0) is 15.6. The van der Waals surface area contributed by atoms with Gasteiger partial charge in [0.2, 0.25) is 11.8 Å². The van der Waals surface area contributed by atoms with E-state index < -0.39 is 10.0 Å². The van der Waals surface area contributed by atoms with Crippen LogP contribution in [0.25, 0.3) is 0 Å². The number of ether oxygens (including phenoxy) is 1. The van der Waals surface area contributed by atoms with Crippen molar-refractivity contribution >= 4 is 31.9 Å². The number of anilines is 1. The van der Waals surface area contributed by atoms with Gasteiger partial charge in [-0.3, -0.25) is 0 Å². The fourth-order valence-corrected chi connectivity index (χ4v) is 3.49. The predicted octanol–water partition coefficient (Wildman–Crippen LogP) is 1.41. The Morgan fingerprint density at radius 2 is 2.14 bits per heavy atom. The molecule has 0 radical (unpaired) electrons. The molecule has 0 saturated heterocycles. The Balaban J connectivity index is 2.37. The summed E-state index contributed by atoms with van der Waals surface area (Å²) in [6, 6.07) is 2.91. The number of nitrogens with one attached hydrogen (secondary N) is 1. The second-order valence-corrected chi connectivity index (χ2v) is 6.41. The molecule has 0 amide bonds. The third-order valence-corrected chi connectivity index (χ3v) is 4.65. The van der Waals surface area contributed by atoms with Crippen LogP contribution in [0.3, 0.4) is 0 Å². The molecule has 2 aromatic rings. The Morgan fingerprint density at radius 3 is 2.71 bits per heavy atom. The summed E-state index contributed by atoms with van der Waals surface area (Å²) in [4.78, 5) is 7.85. The molecule has 0 aliphatic heterocycles. The first kappa shape index (κ1) is 15.7. The van der Waals surface area contributed by atoms with Crippen molar-refractivity contribution in [2.45, 2.75) is 18.4 Å². The molecule has 8 nitrogen and oxygen atoms in total. The van der Waals surface area contributed by atoms with Crippen molar-refractivity contribution in [2.75, 3.05) is 11.8 Å². The zero-order valence-electron chi connectivity index (χ0n) is 11.3. The molecule has 2 heterocycles. The summed E-state index contributed by atoms with van der Waals surface area (Å²) in [6.07, 6.45) is 0. The van der Waals surface area contributed by atoms with Gasteiger partial charge in [0.15, 0.2) is 4.67 Å². The molecule has 0 fully saturated rings. The van der Waals surface area contributed by atoms with Crippen molar-refractivity contribution in [2.24, 2.45) is 5.73 Å². The van der Waals surface area contributed by atoms with Crippen molar-refractivity contribution in [3.63, 3.8) is 0 Å². The standard InChI is InChI=1S/C11H13BrN4O4S/c1-6-3-9(19-2)15-11(14-6)16-21(17,18)8-4-7(5-13)20-10(8)12/h3-4H,5,13H2,1-2H3,(H,14,15,16). The van der Waals surface area contributed by atoms with Gasteiger partial charge < -0.3 is 14.9 Å². The number of sulfonamides is 1. The Labute approximate surface area is 129 Å². The fraction of sp³-hybridized carbons (Fsp3) is 0.273. The number of hydrogen-bond donors (Lipinski definition) is 2. The van der Waals surface area contributed by atoms with Crippen LogP contribution in [-0.4, -0.2) is 25.5 Å². The summed E-state index contributed by atoms with van der Waals surface area (Å²) in [5, 5.41) is 0. The minimum atomic E-state index is -3.90. The lowest BCUT2D eigenvalue weighted by atomic mass is 10.4. The molecular formula is C11H13BrN4O4S. The smallest absolute Gasteiger partial charge is 0.268 e. The number of halogens is 1. The summed E-state index contributed by atoms with van der Waals surface area (Å²) in [5.74, 6) is 0.508. The van der Waals surface area contributed by atoms with Gasteiger partial charge in [-0.25, -0.2) is 18.1 Å². The molecule has 0 unspecified atom stereocenters. The number of aryl methyl sites for hydroxylation is 1. The van der Waals surface area contributed by atoms with Crippen LogP contribution in [0.1, 0.15) is 11.5 Å². The zero-order valence-corrected chi connectivity index (χ0v) is 13.7. The van der Waals surface area contributed by atoms with Gasteiger partial charge in [-0.1, -0.05) is 0 Å². The van der Waals surface area contributed by atoms with Crippen LogP contribution in [0, 0.1) is 6.92 Å². The van der Waals surface area contributed by atoms with Crippen molar-refractivity contribution in [1.29, 1.82) is 0 Å². The monoisotopic (exact) mass is 376 g/mol. The summed E-state index contributed by atoms with van der Waals surface area (Å²) in [7, 11) is -2.47. The Morgan fingerprint density at radius 1 is 1.43 bits per heavy atom. The van der Waals surface area contributed by atoms with E-state index >= 15 is 0 Å². The molecule has 2 aromatic heterocycles. The van der Waals surface area contributed by atoms with E-state index in [1.807, 2.05) is 0 Å². The molecule has 0 aliphatic carbocycles. The van der Waals surface area contributed by atoms with E-state index in [2.05, 4.69) is 30.6 Å². The number of rotatable bonds is 5. The van der Waals surface area contributed by atoms with E-state index in [1.165, 1.54) is 13.2 Å². The van der Waals surface area contributed by atoms with Crippen LogP contribution < -0.4 is 15.2 Å². The van der Waals surface area contributed by atoms with Gasteiger partial charge in [-0.05, 0) is 22.9 Å². The second kappa shape index (κ2) is 6.00. The maximum atomic E-state index is 12.3. The van der Waals surface area contributed by atoms with Gasteiger partial charge in [-0.2, -0.15) is 4.98 Å². The number of methoxy groups -OCH3 is 1. The predicted molar refractivity (Wildman–Crippen MR) is 78.4 cm³/mol. The molecule has 114 valence electrons. The van der Waals surface area contributed by atoms with Gasteiger partial charge in [-0.15, -0.1) is 0 Å². The fourth-order valence-electron chi connectivity index (χ4n) is 1.55. The lowest BCUT2D eigenvalue weighted by Crippen LogP contribution is -2.15. The van der Waals surface area contributed by atoms with Crippen LogP contribution in [0.2, 0.25) is 0 Å². The first-order valence-corrected chi connectivity index (χ1v) is 8.04. The number of furan rings is 1. The van der Waals surface area contributed by atoms with Crippen molar-refractivity contribution < 1.29 is 17.6 Å². The first-order chi connectivity index (χ1) is 9.85. The molecule has 0 spiro atoms. The summed E-state index contributed by atoms with van der Waals surface area (Å²) in [5.41, 5.74) is 5.98. The molecule has 21 heavy (non-hydrogen) atoms. The van der Waals surface area contributed by atoms with Gasteiger partial charge in [0, 0.05) is 17.8 Å². The summed E-state index contributed by atoms with van der Waals surface area (Å²) < 4.78 is 37.1. The van der Waals surface area contributed by atoms with E-state index in [4.69, 9.17) is 14.9 Å². The number of aromatic nitrogens is 2. The lowest BCUT2D eigenvalue weighted by molar-refractivity contribution is 0.397. The van der Waals surface area contributed by atoms with Crippen LogP contribution >= 0.6 is 15.9 Å². The molecule has 0 saturated carbocycles. The normalized spacial score (nSPS) is 11.4. The van der Waals surface area contributed by atoms with Gasteiger partial charge in [0.25, 0.3) is 10.0 Å². The van der Waals surface area contributed by atoms with Crippen LogP contribution in [0.5, 0.6) is 5.88 Å². The third-order valence-electron chi connectivity index (χ3n) is 2.46. The topological polar surface area (TPSA) is 120 Å². The third kappa shape index (κ3) is 3.52. The lowest BCUT2D eigenvalue weighted by Gasteiger charge is -2.07. The molecule has 0 aliphatic rings. The highest BCUT2D eigenvalue weighted by molar-refractivity contribution is 9.10. The van der Waals surface area contributed by atoms with Crippen LogP contribution in [-0.2, 0) is 16.6 Å². The maximum absolute atomic E-state index is 12.3. The van der Waals surface area contributed by atoms with Crippen molar-refractivity contribution in [1.82, 2.24) is 9.97 Å². The van der Waals surface area contributed by atoms with Crippen molar-refractivity contribution in [3.05, 3.63) is 28.3 Å². The minimum absolute atomic E-state index is 0.0649. The first-order valence-electron chi connectivity index (χ1n) is 5.76. The second-order valence-electron chi connectivity index (χ2n) is 4.04. The van der Waals surface area contributed by atoms with Gasteiger partial charge in [0.1, 0.15) is 10.7 Å². The SMILES string of the molecule is COc1cc(C)nc(NS(=O)(=O)c2cc(CN)oc2Br)n1. The molecule has 2 rings (SSSR count). The average Bonchev–Trinajstić information content (AvgIpc) is 2.79. The Bertz CT molecular complexity index is 760. The molecule has 0 aromatic carbocycles. The minimum Gasteiger partial charge on any atom is -0.481 e. The summed E-state index contributed by atoms with van der Waals surface area (Å²) in [6.45, 7) is 1.78. The highest BCUT2D eigenvalue weighted by atomic mass is 79.9. The molecule has 10 heteroatoms. The van der Waals surface area contributed by atoms with E-state index in [-0.39, 0.29) is 27.9 Å².